The lowest BCUT2D eigenvalue weighted by molar-refractivity contribution is -0.153. The first-order valence-electron chi connectivity index (χ1n) is 6.94. The molecule has 2 aromatic rings. The molecule has 1 aromatic heterocycles. The highest BCUT2D eigenvalue weighted by Crippen LogP contribution is 2.26. The second-order valence-corrected chi connectivity index (χ2v) is 6.17. The number of halogens is 3. The number of hydrogen-bond acceptors (Lipinski definition) is 5. The maximum atomic E-state index is 12.3. The van der Waals surface area contributed by atoms with Gasteiger partial charge >= 0.3 is 6.18 Å². The largest absolute Gasteiger partial charge is 0.482 e. The van der Waals surface area contributed by atoms with Crippen LogP contribution in [0.1, 0.15) is 10.7 Å². The van der Waals surface area contributed by atoms with E-state index in [4.69, 9.17) is 4.74 Å². The molecule has 0 saturated heterocycles. The molecule has 1 N–H and O–H groups in total. The minimum Gasteiger partial charge on any atom is -0.482 e. The van der Waals surface area contributed by atoms with E-state index < -0.39 is 12.8 Å². The molecule has 8 heteroatoms. The van der Waals surface area contributed by atoms with Gasteiger partial charge in [0.25, 0.3) is 0 Å². The number of rotatable bonds is 7. The van der Waals surface area contributed by atoms with Crippen LogP contribution in [0.5, 0.6) is 5.75 Å². The van der Waals surface area contributed by atoms with Gasteiger partial charge in [-0.05, 0) is 26.2 Å². The van der Waals surface area contributed by atoms with Crippen LogP contribution in [0.4, 0.5) is 18.9 Å². The summed E-state index contributed by atoms with van der Waals surface area (Å²) in [5.74, 6) is 0.175. The Balaban J connectivity index is 1.96. The Hall–Kier alpha value is -1.80. The number of benzene rings is 1. The minimum absolute atomic E-state index is 0.175. The Morgan fingerprint density at radius 3 is 2.70 bits per heavy atom. The Morgan fingerprint density at radius 2 is 2.00 bits per heavy atom. The number of alkyl halides is 3. The molecule has 1 heterocycles. The summed E-state index contributed by atoms with van der Waals surface area (Å²) in [7, 11) is 3.93. The van der Waals surface area contributed by atoms with Crippen molar-refractivity contribution in [3.8, 4) is 5.75 Å². The van der Waals surface area contributed by atoms with Gasteiger partial charge in [0, 0.05) is 11.9 Å². The zero-order valence-electron chi connectivity index (χ0n) is 12.9. The van der Waals surface area contributed by atoms with Crippen LogP contribution < -0.4 is 10.1 Å². The van der Waals surface area contributed by atoms with E-state index in [1.807, 2.05) is 24.4 Å². The van der Waals surface area contributed by atoms with E-state index in [0.717, 1.165) is 17.2 Å². The number of anilines is 1. The van der Waals surface area contributed by atoms with Crippen molar-refractivity contribution in [3.05, 3.63) is 40.3 Å². The van der Waals surface area contributed by atoms with Gasteiger partial charge in [-0.3, -0.25) is 0 Å². The first-order chi connectivity index (χ1) is 10.8. The number of ether oxygens (including phenoxy) is 1. The number of nitrogens with zero attached hydrogens (tertiary/aromatic N) is 2. The number of aromatic nitrogens is 1. The van der Waals surface area contributed by atoms with Crippen LogP contribution in [0, 0.1) is 0 Å². The third-order valence-electron chi connectivity index (χ3n) is 2.79. The SMILES string of the molecule is CN(C)Cc1nc(CNc2ccccc2OCC(F)(F)F)cs1. The van der Waals surface area contributed by atoms with E-state index in [2.05, 4.69) is 10.3 Å². The molecule has 0 aliphatic heterocycles. The smallest absolute Gasteiger partial charge is 0.422 e. The van der Waals surface area contributed by atoms with Crippen molar-refractivity contribution in [3.63, 3.8) is 0 Å². The van der Waals surface area contributed by atoms with Crippen LogP contribution in [0.15, 0.2) is 29.6 Å². The van der Waals surface area contributed by atoms with Gasteiger partial charge in [0.05, 0.1) is 17.9 Å². The topological polar surface area (TPSA) is 37.4 Å². The van der Waals surface area contributed by atoms with Crippen LogP contribution in [-0.4, -0.2) is 36.8 Å². The van der Waals surface area contributed by atoms with Crippen LogP contribution >= 0.6 is 11.3 Å². The van der Waals surface area contributed by atoms with Gasteiger partial charge < -0.3 is 15.0 Å². The van der Waals surface area contributed by atoms with E-state index in [0.29, 0.717) is 12.2 Å². The number of nitrogens with one attached hydrogen (secondary N) is 1. The third-order valence-corrected chi connectivity index (χ3v) is 3.67. The summed E-state index contributed by atoms with van der Waals surface area (Å²) >= 11 is 1.56. The normalized spacial score (nSPS) is 11.7. The first kappa shape index (κ1) is 17.6. The van der Waals surface area contributed by atoms with E-state index in [9.17, 15) is 13.2 Å². The number of thiazole rings is 1. The molecule has 0 fully saturated rings. The Kier molecular flexibility index (Phi) is 5.84. The first-order valence-corrected chi connectivity index (χ1v) is 7.82. The highest BCUT2D eigenvalue weighted by atomic mass is 32.1. The van der Waals surface area contributed by atoms with Crippen molar-refractivity contribution < 1.29 is 17.9 Å². The van der Waals surface area contributed by atoms with E-state index >= 15 is 0 Å². The summed E-state index contributed by atoms with van der Waals surface area (Å²) in [6, 6.07) is 6.56. The fourth-order valence-corrected chi connectivity index (χ4v) is 2.77. The maximum absolute atomic E-state index is 12.3. The summed E-state index contributed by atoms with van der Waals surface area (Å²) < 4.78 is 41.7. The summed E-state index contributed by atoms with van der Waals surface area (Å²) in [5.41, 5.74) is 1.36. The summed E-state index contributed by atoms with van der Waals surface area (Å²) in [4.78, 5) is 6.50. The second kappa shape index (κ2) is 7.65. The Bertz CT molecular complexity index is 628. The molecule has 0 saturated carbocycles. The standard InChI is InChI=1S/C15H18F3N3OS/c1-21(2)8-14-20-11(9-23-14)7-19-12-5-3-4-6-13(12)22-10-15(16,17)18/h3-6,9,19H,7-8,10H2,1-2H3. The molecule has 0 spiro atoms. The lowest BCUT2D eigenvalue weighted by atomic mass is 10.3. The molecular weight excluding hydrogens is 327 g/mol. The summed E-state index contributed by atoms with van der Waals surface area (Å²) in [6.07, 6.45) is -4.36. The summed E-state index contributed by atoms with van der Waals surface area (Å²) in [6.45, 7) is -0.123. The monoisotopic (exact) mass is 345 g/mol. The molecule has 0 aliphatic rings. The number of hydrogen-bond donors (Lipinski definition) is 1. The van der Waals surface area contributed by atoms with E-state index in [1.165, 1.54) is 6.07 Å². The fourth-order valence-electron chi connectivity index (χ4n) is 1.86. The average molecular weight is 345 g/mol. The quantitative estimate of drug-likeness (QED) is 0.829. The van der Waals surface area contributed by atoms with Gasteiger partial charge in [-0.15, -0.1) is 11.3 Å². The van der Waals surface area contributed by atoms with Crippen molar-refractivity contribution in [1.82, 2.24) is 9.88 Å². The fraction of sp³-hybridized carbons (Fsp3) is 0.400. The maximum Gasteiger partial charge on any atom is 0.422 e. The molecule has 0 atom stereocenters. The number of para-hydroxylation sites is 2. The zero-order chi connectivity index (χ0) is 16.9. The van der Waals surface area contributed by atoms with E-state index in [1.54, 1.807) is 29.5 Å². The van der Waals surface area contributed by atoms with E-state index in [-0.39, 0.29) is 5.75 Å². The van der Waals surface area contributed by atoms with Gasteiger partial charge in [0.1, 0.15) is 10.8 Å². The lowest BCUT2D eigenvalue weighted by Crippen LogP contribution is -2.19. The van der Waals surface area contributed by atoms with Crippen LogP contribution in [0.25, 0.3) is 0 Å². The van der Waals surface area contributed by atoms with Crippen LogP contribution in [0.3, 0.4) is 0 Å². The van der Waals surface area contributed by atoms with Gasteiger partial charge in [-0.2, -0.15) is 13.2 Å². The molecule has 2 rings (SSSR count). The molecule has 0 radical (unpaired) electrons. The molecule has 0 unspecified atom stereocenters. The lowest BCUT2D eigenvalue weighted by Gasteiger charge is -2.13. The molecule has 126 valence electrons. The van der Waals surface area contributed by atoms with Gasteiger partial charge in [0.15, 0.2) is 6.61 Å². The van der Waals surface area contributed by atoms with Crippen molar-refractivity contribution >= 4 is 17.0 Å². The molecule has 0 aliphatic carbocycles. The summed E-state index contributed by atoms with van der Waals surface area (Å²) in [5, 5.41) is 6.00. The highest BCUT2D eigenvalue weighted by Gasteiger charge is 2.28. The Labute approximate surface area is 136 Å². The van der Waals surface area contributed by atoms with Gasteiger partial charge in [-0.25, -0.2) is 4.98 Å². The zero-order valence-corrected chi connectivity index (χ0v) is 13.7. The molecule has 0 amide bonds. The minimum atomic E-state index is -4.36. The second-order valence-electron chi connectivity index (χ2n) is 5.22. The molecular formula is C15H18F3N3OS. The predicted octanol–water partition coefficient (Wildman–Crippen LogP) is 3.76. The van der Waals surface area contributed by atoms with Crippen LogP contribution in [-0.2, 0) is 13.1 Å². The highest BCUT2D eigenvalue weighted by molar-refractivity contribution is 7.09. The van der Waals surface area contributed by atoms with Crippen molar-refractivity contribution in [2.75, 3.05) is 26.0 Å². The molecule has 1 aromatic carbocycles. The molecule has 23 heavy (non-hydrogen) atoms. The van der Waals surface area contributed by atoms with Gasteiger partial charge in [-0.1, -0.05) is 12.1 Å². The van der Waals surface area contributed by atoms with Crippen molar-refractivity contribution in [1.29, 1.82) is 0 Å². The van der Waals surface area contributed by atoms with Gasteiger partial charge in [0.2, 0.25) is 0 Å². The average Bonchev–Trinajstić information content (AvgIpc) is 2.89. The Morgan fingerprint density at radius 1 is 1.26 bits per heavy atom. The molecule has 4 nitrogen and oxygen atoms in total. The predicted molar refractivity (Wildman–Crippen MR) is 84.8 cm³/mol. The third kappa shape index (κ3) is 6.07. The van der Waals surface area contributed by atoms with Crippen molar-refractivity contribution in [2.45, 2.75) is 19.3 Å². The van der Waals surface area contributed by atoms with Crippen LogP contribution in [0.2, 0.25) is 0 Å². The van der Waals surface area contributed by atoms with Crippen molar-refractivity contribution in [2.24, 2.45) is 0 Å². The molecule has 0 bridgehead atoms.